The van der Waals surface area contributed by atoms with Crippen LogP contribution in [0.5, 0.6) is 0 Å². The van der Waals surface area contributed by atoms with Crippen molar-refractivity contribution < 1.29 is 8.78 Å². The number of rotatable bonds is 3. The van der Waals surface area contributed by atoms with E-state index in [0.29, 0.717) is 0 Å². The molecule has 0 fully saturated rings. The first-order chi connectivity index (χ1) is 9.02. The maximum Gasteiger partial charge on any atom is 0.171 e. The van der Waals surface area contributed by atoms with E-state index in [4.69, 9.17) is 0 Å². The van der Waals surface area contributed by atoms with E-state index in [1.165, 1.54) is 0 Å². The van der Waals surface area contributed by atoms with Crippen molar-refractivity contribution in [2.45, 2.75) is 6.92 Å². The monoisotopic (exact) mass is 263 g/mol. The Kier molecular flexibility index (Phi) is 3.64. The topological polar surface area (TPSA) is 28.2 Å². The van der Waals surface area contributed by atoms with Crippen LogP contribution in [-0.4, -0.2) is 19.1 Å². The summed E-state index contributed by atoms with van der Waals surface area (Å²) in [4.78, 5) is 5.53. The molecule has 0 saturated heterocycles. The van der Waals surface area contributed by atoms with Crippen molar-refractivity contribution in [1.29, 1.82) is 0 Å². The highest BCUT2D eigenvalue weighted by Crippen LogP contribution is 2.27. The summed E-state index contributed by atoms with van der Waals surface area (Å²) in [6.45, 7) is 1.97. The molecular weight excluding hydrogens is 248 g/mol. The first-order valence-corrected chi connectivity index (χ1v) is 5.87. The number of anilines is 3. The van der Waals surface area contributed by atoms with E-state index in [-0.39, 0.29) is 11.6 Å². The average Bonchev–Trinajstić information content (AvgIpc) is 2.39. The normalized spacial score (nSPS) is 10.4. The number of nitrogens with one attached hydrogen (secondary N) is 1. The minimum absolute atomic E-state index is 0.0235. The Hall–Kier alpha value is -2.17. The molecule has 1 heterocycles. The third kappa shape index (κ3) is 2.65. The Balaban J connectivity index is 2.43. The molecule has 1 N–H and O–H groups in total. The molecule has 0 amide bonds. The van der Waals surface area contributed by atoms with Crippen molar-refractivity contribution in [1.82, 2.24) is 4.98 Å². The molecule has 19 heavy (non-hydrogen) atoms. The number of pyridine rings is 1. The Labute approximate surface area is 110 Å². The molecule has 0 bridgehead atoms. The van der Waals surface area contributed by atoms with Gasteiger partial charge in [0.15, 0.2) is 23.3 Å². The molecule has 0 aliphatic carbocycles. The second-order valence-electron chi connectivity index (χ2n) is 4.27. The zero-order valence-electron chi connectivity index (χ0n) is 11.0. The van der Waals surface area contributed by atoms with Gasteiger partial charge in [0.2, 0.25) is 0 Å². The van der Waals surface area contributed by atoms with Crippen LogP contribution in [0.2, 0.25) is 0 Å². The highest BCUT2D eigenvalue weighted by atomic mass is 19.1. The first kappa shape index (κ1) is 13.3. The van der Waals surface area contributed by atoms with Gasteiger partial charge in [-0.05, 0) is 19.1 Å². The molecule has 1 aromatic heterocycles. The number of halogens is 2. The van der Waals surface area contributed by atoms with Crippen molar-refractivity contribution in [3.05, 3.63) is 47.5 Å². The summed E-state index contributed by atoms with van der Waals surface area (Å²) in [5.74, 6) is -1.30. The van der Waals surface area contributed by atoms with Crippen LogP contribution in [0.3, 0.4) is 0 Å². The average molecular weight is 263 g/mol. The lowest BCUT2D eigenvalue weighted by molar-refractivity contribution is 0.577. The lowest BCUT2D eigenvalue weighted by Gasteiger charge is -2.20. The maximum absolute atomic E-state index is 13.8. The fourth-order valence-corrected chi connectivity index (χ4v) is 1.76. The number of hydrogen-bond donors (Lipinski definition) is 1. The number of hydrogen-bond acceptors (Lipinski definition) is 3. The summed E-state index contributed by atoms with van der Waals surface area (Å²) in [5, 5.41) is 2.60. The number of aromatic nitrogens is 1. The smallest absolute Gasteiger partial charge is 0.171 e. The van der Waals surface area contributed by atoms with Crippen LogP contribution in [0.15, 0.2) is 30.3 Å². The van der Waals surface area contributed by atoms with Gasteiger partial charge in [-0.2, -0.15) is 0 Å². The van der Waals surface area contributed by atoms with Crippen molar-refractivity contribution in [3.63, 3.8) is 0 Å². The molecule has 1 aromatic carbocycles. The van der Waals surface area contributed by atoms with Crippen LogP contribution < -0.4 is 10.2 Å². The van der Waals surface area contributed by atoms with Crippen LogP contribution in [0.25, 0.3) is 0 Å². The SMILES string of the molecule is CNc1nc(N(C)c2ccc(C)cc2)c(F)cc1F. The van der Waals surface area contributed by atoms with Gasteiger partial charge in [-0.15, -0.1) is 0 Å². The van der Waals surface area contributed by atoms with Crippen LogP contribution in [0, 0.1) is 18.6 Å². The Bertz CT molecular complexity index is 582. The minimum atomic E-state index is -0.707. The summed E-state index contributed by atoms with van der Waals surface area (Å²) >= 11 is 0. The van der Waals surface area contributed by atoms with E-state index in [1.54, 1.807) is 19.0 Å². The van der Waals surface area contributed by atoms with E-state index in [9.17, 15) is 8.78 Å². The summed E-state index contributed by atoms with van der Waals surface area (Å²) in [7, 11) is 3.23. The quantitative estimate of drug-likeness (QED) is 0.919. The van der Waals surface area contributed by atoms with E-state index >= 15 is 0 Å². The van der Waals surface area contributed by atoms with Crippen LogP contribution in [0.1, 0.15) is 5.56 Å². The van der Waals surface area contributed by atoms with Crippen molar-refractivity contribution in [2.24, 2.45) is 0 Å². The van der Waals surface area contributed by atoms with Crippen LogP contribution >= 0.6 is 0 Å². The lowest BCUT2D eigenvalue weighted by atomic mass is 10.2. The molecule has 5 heteroatoms. The molecule has 0 spiro atoms. The maximum atomic E-state index is 13.8. The van der Waals surface area contributed by atoms with Crippen molar-refractivity contribution in [3.8, 4) is 0 Å². The standard InChI is InChI=1S/C14H15F2N3/c1-9-4-6-10(7-5-9)19(3)14-12(16)8-11(15)13(17-2)18-14/h4-8H,1-3H3,(H,17,18). The zero-order valence-corrected chi connectivity index (χ0v) is 11.0. The van der Waals surface area contributed by atoms with E-state index in [2.05, 4.69) is 10.3 Å². The molecule has 0 aliphatic rings. The fraction of sp³-hybridized carbons (Fsp3) is 0.214. The Morgan fingerprint density at radius 1 is 1.11 bits per heavy atom. The van der Waals surface area contributed by atoms with Gasteiger partial charge in [0, 0.05) is 25.8 Å². The Morgan fingerprint density at radius 3 is 2.32 bits per heavy atom. The summed E-state index contributed by atoms with van der Waals surface area (Å²) in [6.07, 6.45) is 0. The third-order valence-electron chi connectivity index (χ3n) is 2.89. The molecule has 3 nitrogen and oxygen atoms in total. The first-order valence-electron chi connectivity index (χ1n) is 5.87. The molecule has 2 aromatic rings. The van der Waals surface area contributed by atoms with Gasteiger partial charge in [-0.3, -0.25) is 0 Å². The molecular formula is C14H15F2N3. The molecule has 100 valence electrons. The number of nitrogens with zero attached hydrogens (tertiary/aromatic N) is 2. The summed E-state index contributed by atoms with van der Waals surface area (Å²) in [6, 6.07) is 8.40. The van der Waals surface area contributed by atoms with Gasteiger partial charge in [0.25, 0.3) is 0 Å². The Morgan fingerprint density at radius 2 is 1.74 bits per heavy atom. The van der Waals surface area contributed by atoms with Gasteiger partial charge in [0.05, 0.1) is 0 Å². The van der Waals surface area contributed by atoms with Crippen molar-refractivity contribution in [2.75, 3.05) is 24.3 Å². The zero-order chi connectivity index (χ0) is 14.0. The molecule has 0 radical (unpaired) electrons. The minimum Gasteiger partial charge on any atom is -0.371 e. The third-order valence-corrected chi connectivity index (χ3v) is 2.89. The summed E-state index contributed by atoms with van der Waals surface area (Å²) < 4.78 is 27.2. The van der Waals surface area contributed by atoms with Gasteiger partial charge >= 0.3 is 0 Å². The highest BCUT2D eigenvalue weighted by molar-refractivity contribution is 5.61. The number of aryl methyl sites for hydroxylation is 1. The van der Waals surface area contributed by atoms with E-state index in [1.807, 2.05) is 31.2 Å². The molecule has 0 aliphatic heterocycles. The highest BCUT2D eigenvalue weighted by Gasteiger charge is 2.15. The van der Waals surface area contributed by atoms with Crippen LogP contribution in [-0.2, 0) is 0 Å². The van der Waals surface area contributed by atoms with Gasteiger partial charge in [0.1, 0.15) is 0 Å². The molecule has 0 unspecified atom stereocenters. The van der Waals surface area contributed by atoms with E-state index < -0.39 is 11.6 Å². The largest absolute Gasteiger partial charge is 0.371 e. The second kappa shape index (κ2) is 5.22. The lowest BCUT2D eigenvalue weighted by Crippen LogP contribution is -2.14. The molecule has 0 saturated carbocycles. The van der Waals surface area contributed by atoms with Gasteiger partial charge in [-0.25, -0.2) is 13.8 Å². The van der Waals surface area contributed by atoms with E-state index in [0.717, 1.165) is 17.3 Å². The van der Waals surface area contributed by atoms with Gasteiger partial charge < -0.3 is 10.2 Å². The van der Waals surface area contributed by atoms with Crippen molar-refractivity contribution >= 4 is 17.3 Å². The molecule has 2 rings (SSSR count). The second-order valence-corrected chi connectivity index (χ2v) is 4.27. The van der Waals surface area contributed by atoms with Crippen LogP contribution in [0.4, 0.5) is 26.1 Å². The summed E-state index contributed by atoms with van der Waals surface area (Å²) in [5.41, 5.74) is 1.89. The molecule has 0 atom stereocenters. The number of benzene rings is 1. The predicted molar refractivity (Wildman–Crippen MR) is 72.9 cm³/mol. The fourth-order valence-electron chi connectivity index (χ4n) is 1.76. The predicted octanol–water partition coefficient (Wildman–Crippen LogP) is 3.48. The van der Waals surface area contributed by atoms with Gasteiger partial charge in [-0.1, -0.05) is 17.7 Å².